The van der Waals surface area contributed by atoms with Crippen LogP contribution in [-0.2, 0) is 4.79 Å². The molecule has 0 spiro atoms. The van der Waals surface area contributed by atoms with Gasteiger partial charge in [0.1, 0.15) is 5.03 Å². The Morgan fingerprint density at radius 1 is 1.17 bits per heavy atom. The Kier molecular flexibility index (Phi) is 5.81. The first kappa shape index (κ1) is 20.1. The molecule has 11 heteroatoms. The van der Waals surface area contributed by atoms with Crippen molar-refractivity contribution in [3.05, 3.63) is 41.4 Å². The number of nitrogens with one attached hydrogen (secondary N) is 1. The van der Waals surface area contributed by atoms with Gasteiger partial charge in [-0.3, -0.25) is 4.79 Å². The highest BCUT2D eigenvalue weighted by Gasteiger charge is 2.14. The topological polar surface area (TPSA) is 104 Å². The number of hydrogen-bond acceptors (Lipinski definition) is 9. The number of ether oxygens (including phenoxy) is 2. The fraction of sp³-hybridized carbons (Fsp3) is 0.211. The van der Waals surface area contributed by atoms with Crippen LogP contribution in [0.5, 0.6) is 11.5 Å². The number of aromatic nitrogens is 5. The van der Waals surface area contributed by atoms with E-state index in [4.69, 9.17) is 9.47 Å². The average Bonchev–Trinajstić information content (AvgIpc) is 3.37. The van der Waals surface area contributed by atoms with Gasteiger partial charge in [-0.1, -0.05) is 11.8 Å². The monoisotopic (exact) mass is 442 g/mol. The van der Waals surface area contributed by atoms with Crippen molar-refractivity contribution in [1.82, 2.24) is 24.8 Å². The lowest BCUT2D eigenvalue weighted by molar-refractivity contribution is -0.113. The molecule has 3 aromatic heterocycles. The van der Waals surface area contributed by atoms with E-state index in [0.717, 1.165) is 11.3 Å². The number of benzene rings is 1. The Bertz CT molecular complexity index is 1210. The summed E-state index contributed by atoms with van der Waals surface area (Å²) in [6.07, 6.45) is 0. The van der Waals surface area contributed by atoms with Crippen molar-refractivity contribution >= 4 is 39.8 Å². The van der Waals surface area contributed by atoms with Crippen LogP contribution in [0, 0.1) is 6.92 Å². The minimum Gasteiger partial charge on any atom is -0.493 e. The largest absolute Gasteiger partial charge is 0.493 e. The van der Waals surface area contributed by atoms with Crippen LogP contribution in [0.1, 0.15) is 5.69 Å². The molecule has 4 aromatic rings. The van der Waals surface area contributed by atoms with Crippen LogP contribution in [0.4, 0.5) is 5.13 Å². The number of amides is 1. The van der Waals surface area contributed by atoms with Crippen molar-refractivity contribution in [1.29, 1.82) is 0 Å². The van der Waals surface area contributed by atoms with E-state index in [2.05, 4.69) is 25.6 Å². The second-order valence-corrected chi connectivity index (χ2v) is 8.02. The molecule has 1 amide bonds. The fourth-order valence-corrected chi connectivity index (χ4v) is 4.07. The van der Waals surface area contributed by atoms with Gasteiger partial charge in [-0.2, -0.15) is 9.61 Å². The molecule has 30 heavy (non-hydrogen) atoms. The van der Waals surface area contributed by atoms with Gasteiger partial charge < -0.3 is 14.8 Å². The number of nitrogens with zero attached hydrogens (tertiary/aromatic N) is 5. The molecule has 0 saturated heterocycles. The van der Waals surface area contributed by atoms with Crippen molar-refractivity contribution in [2.75, 3.05) is 25.3 Å². The number of aryl methyl sites for hydroxylation is 1. The molecule has 154 valence electrons. The molecule has 0 saturated carbocycles. The van der Waals surface area contributed by atoms with Gasteiger partial charge in [0, 0.05) is 10.9 Å². The summed E-state index contributed by atoms with van der Waals surface area (Å²) in [6.45, 7) is 1.88. The number of thioether (sulfide) groups is 1. The van der Waals surface area contributed by atoms with E-state index in [9.17, 15) is 4.79 Å². The Balaban J connectivity index is 1.53. The van der Waals surface area contributed by atoms with Gasteiger partial charge in [-0.15, -0.1) is 21.5 Å². The Hall–Kier alpha value is -3.18. The number of carbonyl (C=O) groups excluding carboxylic acids is 1. The fourth-order valence-electron chi connectivity index (χ4n) is 2.71. The number of fused-ring (bicyclic) bond motifs is 1. The maximum atomic E-state index is 12.2. The predicted molar refractivity (Wildman–Crippen MR) is 116 cm³/mol. The van der Waals surface area contributed by atoms with Crippen LogP contribution in [0.2, 0.25) is 0 Å². The van der Waals surface area contributed by atoms with Gasteiger partial charge in [-0.05, 0) is 37.3 Å². The van der Waals surface area contributed by atoms with Crippen LogP contribution >= 0.6 is 23.1 Å². The first-order valence-electron chi connectivity index (χ1n) is 8.87. The smallest absolute Gasteiger partial charge is 0.236 e. The molecular weight excluding hydrogens is 424 g/mol. The van der Waals surface area contributed by atoms with Crippen molar-refractivity contribution in [2.45, 2.75) is 11.9 Å². The highest BCUT2D eigenvalue weighted by atomic mass is 32.2. The Labute approximate surface area is 180 Å². The van der Waals surface area contributed by atoms with Crippen LogP contribution in [0.25, 0.3) is 17.0 Å². The standard InChI is InChI=1S/C19H18N6O3S2/c1-11-9-30-19(20-11)21-16(26)10-29-17-7-6-15-22-23-18(25(15)24-17)12-4-5-13(27-2)14(8-12)28-3/h4-9H,10H2,1-3H3,(H,20,21,26). The summed E-state index contributed by atoms with van der Waals surface area (Å²) in [5.41, 5.74) is 2.27. The summed E-state index contributed by atoms with van der Waals surface area (Å²) in [5, 5.41) is 18.9. The van der Waals surface area contributed by atoms with Crippen molar-refractivity contribution in [3.63, 3.8) is 0 Å². The van der Waals surface area contributed by atoms with Gasteiger partial charge in [0.2, 0.25) is 5.91 Å². The number of anilines is 1. The third-order valence-electron chi connectivity index (χ3n) is 4.10. The highest BCUT2D eigenvalue weighted by Crippen LogP contribution is 2.31. The zero-order chi connectivity index (χ0) is 21.1. The molecule has 0 fully saturated rings. The van der Waals surface area contributed by atoms with Gasteiger partial charge >= 0.3 is 0 Å². The van der Waals surface area contributed by atoms with Gasteiger partial charge in [0.15, 0.2) is 28.1 Å². The molecule has 0 atom stereocenters. The second-order valence-electron chi connectivity index (χ2n) is 6.17. The molecule has 0 bridgehead atoms. The lowest BCUT2D eigenvalue weighted by Gasteiger charge is -2.08. The number of carbonyl (C=O) groups is 1. The summed E-state index contributed by atoms with van der Waals surface area (Å²) in [5.74, 6) is 1.86. The molecule has 0 radical (unpaired) electrons. The van der Waals surface area contributed by atoms with Crippen molar-refractivity contribution in [2.24, 2.45) is 0 Å². The SMILES string of the molecule is COc1ccc(-c2nnc3ccc(SCC(=O)Nc4nc(C)cs4)nn23)cc1OC. The highest BCUT2D eigenvalue weighted by molar-refractivity contribution is 7.99. The van der Waals surface area contributed by atoms with E-state index in [-0.39, 0.29) is 11.7 Å². The summed E-state index contributed by atoms with van der Waals surface area (Å²) >= 11 is 2.72. The minimum absolute atomic E-state index is 0.139. The Morgan fingerprint density at radius 3 is 2.73 bits per heavy atom. The van der Waals surface area contributed by atoms with E-state index in [0.29, 0.717) is 33.1 Å². The quantitative estimate of drug-likeness (QED) is 0.435. The normalized spacial score (nSPS) is 10.9. The molecular formula is C19H18N6O3S2. The number of hydrogen-bond donors (Lipinski definition) is 1. The van der Waals surface area contributed by atoms with Crippen LogP contribution in [0.3, 0.4) is 0 Å². The van der Waals surface area contributed by atoms with E-state index >= 15 is 0 Å². The molecule has 1 N–H and O–H groups in total. The lowest BCUT2D eigenvalue weighted by Crippen LogP contribution is -2.14. The molecule has 0 aliphatic rings. The summed E-state index contributed by atoms with van der Waals surface area (Å²) < 4.78 is 12.3. The molecule has 0 aliphatic carbocycles. The molecule has 1 aromatic carbocycles. The summed E-state index contributed by atoms with van der Waals surface area (Å²) in [4.78, 5) is 16.4. The molecule has 4 rings (SSSR count). The van der Waals surface area contributed by atoms with Crippen molar-refractivity contribution < 1.29 is 14.3 Å². The van der Waals surface area contributed by atoms with Crippen molar-refractivity contribution in [3.8, 4) is 22.9 Å². The zero-order valence-electron chi connectivity index (χ0n) is 16.4. The van der Waals surface area contributed by atoms with E-state index in [1.807, 2.05) is 36.6 Å². The van der Waals surface area contributed by atoms with E-state index < -0.39 is 0 Å². The number of methoxy groups -OCH3 is 2. The van der Waals surface area contributed by atoms with Gasteiger partial charge in [-0.25, -0.2) is 4.98 Å². The lowest BCUT2D eigenvalue weighted by atomic mass is 10.2. The maximum Gasteiger partial charge on any atom is 0.236 e. The average molecular weight is 443 g/mol. The third-order valence-corrected chi connectivity index (χ3v) is 5.89. The van der Waals surface area contributed by atoms with E-state index in [1.54, 1.807) is 24.8 Å². The number of thiazole rings is 1. The van der Waals surface area contributed by atoms with E-state index in [1.165, 1.54) is 23.1 Å². The predicted octanol–water partition coefficient (Wildman–Crippen LogP) is 3.30. The molecule has 0 unspecified atom stereocenters. The first-order valence-corrected chi connectivity index (χ1v) is 10.7. The maximum absolute atomic E-state index is 12.2. The Morgan fingerprint density at radius 2 is 2.00 bits per heavy atom. The minimum atomic E-state index is -0.139. The van der Waals surface area contributed by atoms with Gasteiger partial charge in [0.25, 0.3) is 0 Å². The van der Waals surface area contributed by atoms with Gasteiger partial charge in [0.05, 0.1) is 25.7 Å². The molecule has 3 heterocycles. The second kappa shape index (κ2) is 8.67. The number of rotatable bonds is 7. The summed E-state index contributed by atoms with van der Waals surface area (Å²) in [7, 11) is 3.16. The molecule has 0 aliphatic heterocycles. The van der Waals surface area contributed by atoms with Crippen LogP contribution in [0.15, 0.2) is 40.7 Å². The zero-order valence-corrected chi connectivity index (χ0v) is 18.1. The van der Waals surface area contributed by atoms with Crippen LogP contribution in [-0.4, -0.2) is 50.7 Å². The third kappa shape index (κ3) is 4.21. The summed E-state index contributed by atoms with van der Waals surface area (Å²) in [6, 6.07) is 9.12. The first-order chi connectivity index (χ1) is 14.6. The van der Waals surface area contributed by atoms with Crippen LogP contribution < -0.4 is 14.8 Å². The molecule has 9 nitrogen and oxygen atoms in total.